The van der Waals surface area contributed by atoms with Gasteiger partial charge in [-0.2, -0.15) is 0 Å². The van der Waals surface area contributed by atoms with Crippen LogP contribution in [0.3, 0.4) is 0 Å². The molecule has 656 valence electrons. The van der Waals surface area contributed by atoms with Crippen molar-refractivity contribution in [2.24, 2.45) is 0 Å². The molecule has 27 heteroatoms. The number of rotatable bonds is 80. The third-order valence-electron chi connectivity index (χ3n) is 18.1. The summed E-state index contributed by atoms with van der Waals surface area (Å²) in [5, 5.41) is 16.0. The van der Waals surface area contributed by atoms with Crippen LogP contribution >= 0.6 is 15.6 Å². The summed E-state index contributed by atoms with van der Waals surface area (Å²) in [5.74, 6) is 23.1. The first-order valence-corrected chi connectivity index (χ1v) is 46.2. The van der Waals surface area contributed by atoms with E-state index in [-0.39, 0.29) is 141 Å². The zero-order chi connectivity index (χ0) is 85.2. The molecule has 0 radical (unpaired) electrons. The lowest BCUT2D eigenvalue weighted by molar-refractivity contribution is -0.150. The highest BCUT2D eigenvalue weighted by molar-refractivity contribution is 7.48. The molecule has 6 amide bonds. The van der Waals surface area contributed by atoms with E-state index in [1.165, 1.54) is 141 Å². The van der Waals surface area contributed by atoms with Crippen molar-refractivity contribution in [3.05, 3.63) is 25.3 Å². The van der Waals surface area contributed by atoms with Crippen LogP contribution in [0.15, 0.2) is 25.3 Å². The second-order valence-corrected chi connectivity index (χ2v) is 32.0. The van der Waals surface area contributed by atoms with Gasteiger partial charge in [0.05, 0.1) is 91.2 Å². The van der Waals surface area contributed by atoms with E-state index < -0.39 is 84.2 Å². The van der Waals surface area contributed by atoms with Gasteiger partial charge in [0.1, 0.15) is 12.2 Å². The molecule has 0 saturated heterocycles. The first-order chi connectivity index (χ1) is 56.4. The van der Waals surface area contributed by atoms with E-state index in [9.17, 15) is 42.7 Å². The third kappa shape index (κ3) is 72.3. The van der Waals surface area contributed by atoms with Crippen LogP contribution in [-0.2, 0) is 84.0 Å². The minimum Gasteiger partial charge on any atom is -0.461 e. The first-order valence-electron chi connectivity index (χ1n) is 43.3. The molecule has 0 aromatic heterocycles. The van der Waals surface area contributed by atoms with Crippen LogP contribution in [0.2, 0.25) is 0 Å². The van der Waals surface area contributed by atoms with Gasteiger partial charge in [0.15, 0.2) is 0 Å². The van der Waals surface area contributed by atoms with Crippen LogP contribution in [0.5, 0.6) is 0 Å². The van der Waals surface area contributed by atoms with Gasteiger partial charge in [-0.25, -0.2) is 13.9 Å². The highest BCUT2D eigenvalue weighted by Gasteiger charge is 2.31. The summed E-state index contributed by atoms with van der Waals surface area (Å²) in [6.07, 6.45) is 52.7. The minimum absolute atomic E-state index is 0.0301. The number of nitrogens with one attached hydrogen (secondary N) is 6. The molecule has 0 aromatic carbocycles. The number of amides is 6. The number of carbonyl (C=O) groups excluding carboxylic acids is 7. The van der Waals surface area contributed by atoms with E-state index in [1.807, 2.05) is 0 Å². The van der Waals surface area contributed by atoms with E-state index >= 15 is 0 Å². The quantitative estimate of drug-likeness (QED) is 0.0108. The number of unbranched alkanes of at least 4 members (excludes halogenated alkanes) is 32. The maximum absolute atomic E-state index is 14.1. The van der Waals surface area contributed by atoms with E-state index in [1.54, 1.807) is 0 Å². The van der Waals surface area contributed by atoms with Gasteiger partial charge in [0, 0.05) is 64.5 Å². The van der Waals surface area contributed by atoms with E-state index in [0.29, 0.717) is 25.7 Å². The molecule has 0 saturated carbocycles. The number of urea groups is 1. The molecule has 0 fully saturated rings. The molecule has 0 bridgehead atoms. The molecule has 116 heavy (non-hydrogen) atoms. The highest BCUT2D eigenvalue weighted by Crippen LogP contribution is 2.50. The zero-order valence-electron chi connectivity index (χ0n) is 71.2. The van der Waals surface area contributed by atoms with Gasteiger partial charge >= 0.3 is 33.6 Å². The number of hydrogen-bond acceptors (Lipinski definition) is 19. The number of terminal acetylenes is 2. The largest absolute Gasteiger partial charge is 0.475 e. The number of phosphoric acid groups is 2. The first kappa shape index (κ1) is 109. The lowest BCUT2D eigenvalue weighted by atomic mass is 10.1. The Balaban J connectivity index is 6.17. The fraction of sp³-hybridized carbons (Fsp3) is 0.742. The average molecular weight is 1670 g/mol. The summed E-state index contributed by atoms with van der Waals surface area (Å²) < 4.78 is 85.8. The Morgan fingerprint density at radius 2 is 0.672 bits per heavy atom. The van der Waals surface area contributed by atoms with Gasteiger partial charge in [-0.15, -0.1) is 26.0 Å². The van der Waals surface area contributed by atoms with Crippen LogP contribution in [0, 0.1) is 72.1 Å². The van der Waals surface area contributed by atoms with Crippen molar-refractivity contribution in [1.29, 1.82) is 0 Å². The van der Waals surface area contributed by atoms with Gasteiger partial charge in [-0.1, -0.05) is 257 Å². The molecule has 0 aliphatic rings. The normalized spacial score (nSPS) is 12.8. The molecule has 0 spiro atoms. The smallest absolute Gasteiger partial charge is 0.461 e. The number of ether oxygens (including phenoxy) is 4. The molecule has 0 aromatic rings. The zero-order valence-corrected chi connectivity index (χ0v) is 73.0. The number of carbonyl (C=O) groups is 7. The van der Waals surface area contributed by atoms with Crippen LogP contribution in [0.25, 0.3) is 0 Å². The third-order valence-corrected chi connectivity index (χ3v) is 20.9. The maximum Gasteiger partial charge on any atom is 0.475 e. The van der Waals surface area contributed by atoms with Gasteiger partial charge in [0.25, 0.3) is 0 Å². The summed E-state index contributed by atoms with van der Waals surface area (Å²) >= 11 is 0. The summed E-state index contributed by atoms with van der Waals surface area (Å²) in [7, 11) is -8.94. The molecule has 0 aliphatic carbocycles. The number of hydrogen-bond donors (Lipinski definition) is 6. The second-order valence-electron chi connectivity index (χ2n) is 28.7. The predicted molar refractivity (Wildman–Crippen MR) is 459 cm³/mol. The van der Waals surface area contributed by atoms with Crippen LogP contribution in [0.1, 0.15) is 310 Å². The van der Waals surface area contributed by atoms with Gasteiger partial charge in [-0.3, -0.25) is 55.9 Å². The minimum atomic E-state index is -4.47. The Labute approximate surface area is 698 Å². The van der Waals surface area contributed by atoms with Crippen molar-refractivity contribution in [3.63, 3.8) is 0 Å². The second kappa shape index (κ2) is 80.5. The van der Waals surface area contributed by atoms with Gasteiger partial charge in [0.2, 0.25) is 23.6 Å². The summed E-state index contributed by atoms with van der Waals surface area (Å²) in [5.41, 5.74) is 0. The molecule has 0 heterocycles. The molecule has 0 rings (SSSR count). The van der Waals surface area contributed by atoms with Crippen LogP contribution in [-0.4, -0.2) is 158 Å². The van der Waals surface area contributed by atoms with E-state index in [4.69, 9.17) is 58.9 Å². The van der Waals surface area contributed by atoms with Crippen molar-refractivity contribution in [2.75, 3.05) is 92.2 Å². The maximum atomic E-state index is 14.1. The Hall–Kier alpha value is -6.93. The van der Waals surface area contributed by atoms with E-state index in [0.717, 1.165) is 77.0 Å². The number of esters is 2. The molecule has 6 atom stereocenters. The predicted octanol–water partition coefficient (Wildman–Crippen LogP) is 16.6. The monoisotopic (exact) mass is 1670 g/mol. The standard InChI is InChI=1S/C89H146N6O19P2/c1-9-17-23-29-33-37-41-47-53-59-83(96)92-73-85(98)94-79(75-105-69-63-81(57-51-45-27-21-13-5)113-87(100)61-55-49-43-39-35-31-25-19-11-3)77-111-115(103,107-67-15-7)109-71-65-90-89(102)91-66-72-110-116(104,108-68-16-8)112-78-80(95-86(99)74-93-84(97)60-54-48-42-38-34-30-24-18-10-2)76-106-70-64-82(58-52-46-28-22-14-6)114-88(101)62-56-50-44-40-36-32-26-20-12-4/h5-6,15-16,79-82H,7-12,17-20,23-26,29-44,47-50,53-78H2,1-4H3,(H,92,96)(H,93,97)(H,94,98)(H,95,99)(H2,90,91,102)/t79-,80-,81-,82-,115?,116?/m1/s1. The Kier molecular flexibility index (Phi) is 75.7. The Morgan fingerprint density at radius 3 is 0.983 bits per heavy atom. The lowest BCUT2D eigenvalue weighted by Crippen LogP contribution is -2.46. The lowest BCUT2D eigenvalue weighted by Gasteiger charge is -2.23. The fourth-order valence-corrected chi connectivity index (χ4v) is 14.0. The van der Waals surface area contributed by atoms with Crippen molar-refractivity contribution < 1.29 is 88.8 Å². The molecular weight excluding hydrogens is 1520 g/mol. The summed E-state index contributed by atoms with van der Waals surface area (Å²) in [6.45, 7) is 12.1. The highest BCUT2D eigenvalue weighted by atomic mass is 31.2. The number of phosphoric ester groups is 2. The van der Waals surface area contributed by atoms with Gasteiger partial charge in [-0.05, 0) is 73.0 Å². The van der Waals surface area contributed by atoms with Crippen LogP contribution < -0.4 is 31.9 Å². The summed E-state index contributed by atoms with van der Waals surface area (Å²) in [4.78, 5) is 91.7. The molecule has 25 nitrogen and oxygen atoms in total. The molecular formula is C89H146N6O19P2. The van der Waals surface area contributed by atoms with E-state index in [2.05, 4.69) is 132 Å². The van der Waals surface area contributed by atoms with Crippen LogP contribution in [0.4, 0.5) is 4.79 Å². The Morgan fingerprint density at radius 1 is 0.362 bits per heavy atom. The molecule has 2 unspecified atom stereocenters. The molecule has 6 N–H and O–H groups in total. The summed E-state index contributed by atoms with van der Waals surface area (Å²) in [6, 6.07) is -2.73. The average Bonchev–Trinajstić information content (AvgIpc) is 0.888. The van der Waals surface area contributed by atoms with Crippen molar-refractivity contribution in [3.8, 4) is 72.1 Å². The fourth-order valence-electron chi connectivity index (χ4n) is 11.6. The SMILES string of the molecule is C#CC#CC#CC[C@H](CCOC[C@H](COP(=O)(OCC=C)OCCNC(=O)NCCOP(=O)(OCC=C)OC[C@@H](COCC[C@@H](CC#CC#CC#C)OC(=O)CCCCCCCCCCC)NC(=O)CNC(=O)CCCCCCCCCCC)NC(=O)CNC(=O)CCCCCCCCCCC)OC(=O)CCCCCCCCCCC. The van der Waals surface area contributed by atoms with Crippen molar-refractivity contribution in [1.82, 2.24) is 31.9 Å². The molecule has 0 aliphatic heterocycles. The van der Waals surface area contributed by atoms with Crippen molar-refractivity contribution >= 4 is 57.2 Å². The topological polar surface area (TPSA) is 318 Å². The van der Waals surface area contributed by atoms with Gasteiger partial charge < -0.3 is 50.8 Å². The Bertz CT molecular complexity index is 2890. The van der Waals surface area contributed by atoms with Crippen molar-refractivity contribution in [2.45, 2.75) is 335 Å².